The van der Waals surface area contributed by atoms with Crippen molar-refractivity contribution in [1.82, 2.24) is 14.8 Å². The highest BCUT2D eigenvalue weighted by Crippen LogP contribution is 2.36. The number of hydrogen-bond donors (Lipinski definition) is 3. The van der Waals surface area contributed by atoms with Crippen LogP contribution in [0.15, 0.2) is 76.6 Å². The minimum absolute atomic E-state index is 0. The summed E-state index contributed by atoms with van der Waals surface area (Å²) in [6.07, 6.45) is 2.23. The van der Waals surface area contributed by atoms with E-state index in [4.69, 9.17) is 16.6 Å². The Bertz CT molecular complexity index is 1590. The lowest BCUT2D eigenvalue weighted by Gasteiger charge is -2.11. The Balaban J connectivity index is 0.00000353. The number of nitrogens with zero attached hydrogens (tertiary/aromatic N) is 2. The first-order valence-electron chi connectivity index (χ1n) is 12.3. The highest BCUT2D eigenvalue weighted by molar-refractivity contribution is 7.89. The number of H-pyrrole nitrogens is 1. The Kier molecular flexibility index (Phi) is 8.78. The van der Waals surface area contributed by atoms with Gasteiger partial charge in [-0.05, 0) is 62.2 Å². The molecular weight excluding hydrogens is 536 g/mol. The molecule has 2 heterocycles. The summed E-state index contributed by atoms with van der Waals surface area (Å²) in [5, 5.41) is 11.4. The van der Waals surface area contributed by atoms with Crippen molar-refractivity contribution in [2.24, 2.45) is 10.9 Å². The molecule has 0 spiro atoms. The van der Waals surface area contributed by atoms with Crippen molar-refractivity contribution >= 4 is 43.9 Å². The highest BCUT2D eigenvalue weighted by Gasteiger charge is 2.25. The molecule has 0 unspecified atom stereocenters. The fourth-order valence-electron chi connectivity index (χ4n) is 5.00. The van der Waals surface area contributed by atoms with Gasteiger partial charge < -0.3 is 15.0 Å². The molecule has 1 aliphatic rings. The van der Waals surface area contributed by atoms with E-state index >= 15 is 0 Å². The van der Waals surface area contributed by atoms with Gasteiger partial charge in [-0.3, -0.25) is 4.84 Å². The van der Waals surface area contributed by atoms with Gasteiger partial charge in [-0.25, -0.2) is 13.4 Å². The third-order valence-electron chi connectivity index (χ3n) is 6.79. The van der Waals surface area contributed by atoms with Crippen molar-refractivity contribution in [3.63, 3.8) is 0 Å². The van der Waals surface area contributed by atoms with Gasteiger partial charge in [-0.1, -0.05) is 66.4 Å². The number of rotatable bonds is 8. The summed E-state index contributed by atoms with van der Waals surface area (Å²) in [4.78, 5) is 16.6. The molecule has 0 saturated carbocycles. The Morgan fingerprint density at radius 3 is 2.54 bits per heavy atom. The highest BCUT2D eigenvalue weighted by atomic mass is 35.5. The number of hydrogen-bond acceptors (Lipinski definition) is 6. The van der Waals surface area contributed by atoms with Crippen molar-refractivity contribution in [2.45, 2.75) is 25.2 Å². The van der Waals surface area contributed by atoms with Crippen LogP contribution in [0.4, 0.5) is 5.69 Å². The van der Waals surface area contributed by atoms with Gasteiger partial charge in [0.2, 0.25) is 0 Å². The number of aromatic hydroxyl groups is 1. The van der Waals surface area contributed by atoms with Crippen LogP contribution in [0.25, 0.3) is 10.9 Å². The molecule has 206 valence electrons. The fourth-order valence-corrected chi connectivity index (χ4v) is 6.37. The van der Waals surface area contributed by atoms with Crippen molar-refractivity contribution in [1.29, 1.82) is 0 Å². The van der Waals surface area contributed by atoms with Crippen molar-refractivity contribution in [3.8, 4) is 5.88 Å². The van der Waals surface area contributed by atoms with Crippen molar-refractivity contribution < 1.29 is 18.4 Å². The molecule has 39 heavy (non-hydrogen) atoms. The molecule has 4 aromatic rings. The number of aromatic amines is 1. The van der Waals surface area contributed by atoms with Gasteiger partial charge in [0.25, 0.3) is 10.0 Å². The van der Waals surface area contributed by atoms with Gasteiger partial charge in [0, 0.05) is 17.5 Å². The maximum absolute atomic E-state index is 12.7. The molecule has 0 amide bonds. The number of benzene rings is 3. The second kappa shape index (κ2) is 11.9. The maximum Gasteiger partial charge on any atom is 0.263 e. The van der Waals surface area contributed by atoms with E-state index in [1.165, 1.54) is 31.2 Å². The van der Waals surface area contributed by atoms with Crippen LogP contribution in [0.1, 0.15) is 30.5 Å². The van der Waals surface area contributed by atoms with E-state index in [-0.39, 0.29) is 23.2 Å². The van der Waals surface area contributed by atoms with Crippen molar-refractivity contribution in [3.05, 3.63) is 88.4 Å². The van der Waals surface area contributed by atoms with Crippen LogP contribution >= 0.6 is 11.6 Å². The van der Waals surface area contributed by atoms with Crippen LogP contribution < -0.4 is 4.89 Å². The van der Waals surface area contributed by atoms with Crippen LogP contribution in [-0.4, -0.2) is 56.4 Å². The summed E-state index contributed by atoms with van der Waals surface area (Å²) < 4.78 is 25.4. The quantitative estimate of drug-likeness (QED) is 0.188. The lowest BCUT2D eigenvalue weighted by Crippen LogP contribution is -2.22. The number of halogens is 1. The van der Waals surface area contributed by atoms with Gasteiger partial charge in [0.05, 0.1) is 34.6 Å². The summed E-state index contributed by atoms with van der Waals surface area (Å²) in [7, 11) is -0.690. The molecule has 0 radical (unpaired) electrons. The molecule has 1 aliphatic heterocycles. The molecule has 8 nitrogen and oxygen atoms in total. The predicted octanol–water partition coefficient (Wildman–Crippen LogP) is 5.67. The first-order chi connectivity index (χ1) is 18.2. The predicted molar refractivity (Wildman–Crippen MR) is 157 cm³/mol. The average molecular weight is 569 g/mol. The molecule has 1 atom stereocenters. The minimum atomic E-state index is -4.05. The van der Waals surface area contributed by atoms with Gasteiger partial charge in [0.1, 0.15) is 4.90 Å². The summed E-state index contributed by atoms with van der Waals surface area (Å²) in [6, 6.07) is 20.4. The molecule has 1 aromatic heterocycles. The average Bonchev–Trinajstić information content (AvgIpc) is 3.44. The normalized spacial score (nSPS) is 16.5. The molecule has 3 aromatic carbocycles. The maximum atomic E-state index is 12.7. The molecule has 10 heteroatoms. The van der Waals surface area contributed by atoms with Crippen molar-refractivity contribution in [2.75, 3.05) is 27.2 Å². The molecule has 1 fully saturated rings. The Morgan fingerprint density at radius 2 is 1.90 bits per heavy atom. The molecule has 0 bridgehead atoms. The summed E-state index contributed by atoms with van der Waals surface area (Å²) in [6.45, 7) is 2.25. The van der Waals surface area contributed by atoms with E-state index in [1.54, 1.807) is 0 Å². The van der Waals surface area contributed by atoms with Crippen LogP contribution in [0.5, 0.6) is 5.88 Å². The lowest BCUT2D eigenvalue weighted by molar-refractivity contribution is 0.153. The van der Waals surface area contributed by atoms with E-state index in [0.717, 1.165) is 25.1 Å². The minimum Gasteiger partial charge on any atom is -0.494 e. The van der Waals surface area contributed by atoms with Crippen LogP contribution in [0, 0.1) is 5.92 Å². The van der Waals surface area contributed by atoms with E-state index in [2.05, 4.69) is 33.9 Å². The van der Waals surface area contributed by atoms with Gasteiger partial charge in [0.15, 0.2) is 5.88 Å². The molecule has 0 aliphatic carbocycles. The number of aliphatic imine (C=N–C) groups is 1. The molecule has 5 rings (SSSR count). The van der Waals surface area contributed by atoms with E-state index in [1.807, 2.05) is 47.3 Å². The molecular formula is C29H33ClN4O4S. The summed E-state index contributed by atoms with van der Waals surface area (Å²) in [5.41, 5.74) is 4.07. The number of nitrogens with one attached hydrogen (secondary N) is 2. The van der Waals surface area contributed by atoms with Crippen LogP contribution in [0.2, 0.25) is 5.02 Å². The van der Waals surface area contributed by atoms with E-state index in [9.17, 15) is 13.5 Å². The number of likely N-dealkylation sites (tertiary alicyclic amines) is 1. The zero-order valence-corrected chi connectivity index (χ0v) is 22.7. The first kappa shape index (κ1) is 28.8. The lowest BCUT2D eigenvalue weighted by atomic mass is 9.98. The standard InChI is InChI=1S/C28H29ClN4O4S.CH4/c1-33-13-12-19(17-33)14-18-8-10-21(11-9-18)30-27(20-6-4-3-5-7-20)26-22-15-25(38(35,36)32-37-2)23(29)16-24(22)31-28(26)34;/h3-11,15-16,19,31-32,34H,12-14,17H2,1-2H3;1H4/t19-;/m0./s1. The Labute approximate surface area is 234 Å². The SMILES string of the molecule is C.CONS(=O)(=O)c1cc2c(C(=Nc3ccc(C[C@@H]4CCN(C)C4)cc3)c3ccccc3)c(O)[nH]c2cc1Cl. The molecule has 3 N–H and O–H groups in total. The van der Waals surface area contributed by atoms with Crippen LogP contribution in [-0.2, 0) is 21.3 Å². The fraction of sp³-hybridized carbons (Fsp3) is 0.276. The summed E-state index contributed by atoms with van der Waals surface area (Å²) in [5.74, 6) is 0.511. The number of fused-ring (bicyclic) bond motifs is 1. The first-order valence-corrected chi connectivity index (χ1v) is 14.1. The van der Waals surface area contributed by atoms with Gasteiger partial charge in [-0.2, -0.15) is 0 Å². The second-order valence-electron chi connectivity index (χ2n) is 9.58. The Hall–Kier alpha value is -3.21. The molecule has 1 saturated heterocycles. The van der Waals surface area contributed by atoms with Crippen LogP contribution in [0.3, 0.4) is 0 Å². The van der Waals surface area contributed by atoms with E-state index < -0.39 is 10.0 Å². The zero-order valence-electron chi connectivity index (χ0n) is 21.1. The Morgan fingerprint density at radius 1 is 1.18 bits per heavy atom. The zero-order chi connectivity index (χ0) is 26.9. The van der Waals surface area contributed by atoms with E-state index in [0.29, 0.717) is 33.8 Å². The smallest absolute Gasteiger partial charge is 0.263 e. The van der Waals surface area contributed by atoms with Gasteiger partial charge in [-0.15, -0.1) is 0 Å². The topological polar surface area (TPSA) is 107 Å². The monoisotopic (exact) mass is 568 g/mol. The van der Waals surface area contributed by atoms with Gasteiger partial charge >= 0.3 is 0 Å². The second-order valence-corrected chi connectivity index (χ2v) is 11.6. The third kappa shape index (κ3) is 6.18. The largest absolute Gasteiger partial charge is 0.494 e. The third-order valence-corrected chi connectivity index (χ3v) is 8.52. The summed E-state index contributed by atoms with van der Waals surface area (Å²) >= 11 is 6.29. The number of sulfonamides is 1. The number of aromatic nitrogens is 1.